The maximum atomic E-state index is 13.8. The molecule has 0 radical (unpaired) electrons. The van der Waals surface area contributed by atoms with Crippen LogP contribution < -0.4 is 4.90 Å². The fourth-order valence-corrected chi connectivity index (χ4v) is 4.52. The third kappa shape index (κ3) is 3.84. The van der Waals surface area contributed by atoms with Crippen LogP contribution >= 0.6 is 0 Å². The number of hydrogen-bond acceptors (Lipinski definition) is 4. The summed E-state index contributed by atoms with van der Waals surface area (Å²) in [7, 11) is 4.10. The first kappa shape index (κ1) is 21.9. The highest BCUT2D eigenvalue weighted by Gasteiger charge is 2.52. The number of carbonyl (C=O) groups excluding carboxylic acids is 3. The second-order valence-electron chi connectivity index (χ2n) is 8.85. The molecule has 2 aromatic heterocycles. The van der Waals surface area contributed by atoms with E-state index in [-0.39, 0.29) is 5.78 Å². The quantitative estimate of drug-likeness (QED) is 0.348. The van der Waals surface area contributed by atoms with Gasteiger partial charge in [0.15, 0.2) is 5.78 Å². The summed E-state index contributed by atoms with van der Waals surface area (Å²) < 4.78 is 1.71. The van der Waals surface area contributed by atoms with Crippen molar-refractivity contribution in [1.82, 2.24) is 14.3 Å². The van der Waals surface area contributed by atoms with E-state index in [2.05, 4.69) is 4.98 Å². The van der Waals surface area contributed by atoms with Crippen LogP contribution in [-0.4, -0.2) is 58.9 Å². The molecule has 1 N–H and O–H groups in total. The summed E-state index contributed by atoms with van der Waals surface area (Å²) >= 11 is 0. The summed E-state index contributed by atoms with van der Waals surface area (Å²) in [6, 6.07) is 12.6. The smallest absolute Gasteiger partial charge is 0.291 e. The van der Waals surface area contributed by atoms with Gasteiger partial charge in [0.25, 0.3) is 5.91 Å². The van der Waals surface area contributed by atoms with E-state index in [1.54, 1.807) is 22.4 Å². The number of aryl methyl sites for hydroxylation is 2. The molecule has 1 aliphatic rings. The SMILES string of the molecule is Cc1ccc(C2C(C(=O)c3c(C)nc4ccccn34)C(=O)C(=O)N2CCC[NH+](C)C)cc1. The molecular formula is C25H29N4O3+. The van der Waals surface area contributed by atoms with Crippen LogP contribution in [0.25, 0.3) is 5.65 Å². The van der Waals surface area contributed by atoms with E-state index < -0.39 is 23.7 Å². The van der Waals surface area contributed by atoms with Crippen LogP contribution in [0.4, 0.5) is 0 Å². The minimum absolute atomic E-state index is 0.356. The predicted molar refractivity (Wildman–Crippen MR) is 121 cm³/mol. The number of carbonyl (C=O) groups is 3. The number of benzene rings is 1. The van der Waals surface area contributed by atoms with Gasteiger partial charge in [0, 0.05) is 19.2 Å². The maximum absolute atomic E-state index is 13.8. The summed E-state index contributed by atoms with van der Waals surface area (Å²) in [6.07, 6.45) is 2.52. The number of nitrogens with one attached hydrogen (secondary N) is 1. The van der Waals surface area contributed by atoms with Crippen LogP contribution in [0.15, 0.2) is 48.7 Å². The van der Waals surface area contributed by atoms with Gasteiger partial charge in [-0.3, -0.25) is 18.8 Å². The van der Waals surface area contributed by atoms with Crippen molar-refractivity contribution >= 4 is 23.1 Å². The number of rotatable bonds is 7. The number of amides is 1. The summed E-state index contributed by atoms with van der Waals surface area (Å²) in [5, 5.41) is 0. The zero-order valence-corrected chi connectivity index (χ0v) is 19.0. The van der Waals surface area contributed by atoms with Crippen LogP contribution in [-0.2, 0) is 9.59 Å². The fourth-order valence-electron chi connectivity index (χ4n) is 4.52. The number of likely N-dealkylation sites (tertiary alicyclic amines) is 1. The van der Waals surface area contributed by atoms with Crippen molar-refractivity contribution < 1.29 is 19.3 Å². The van der Waals surface area contributed by atoms with E-state index in [0.717, 1.165) is 24.1 Å². The number of aromatic nitrogens is 2. The summed E-state index contributed by atoms with van der Waals surface area (Å²) in [5.41, 5.74) is 3.44. The van der Waals surface area contributed by atoms with Crippen molar-refractivity contribution in [2.75, 3.05) is 27.2 Å². The lowest BCUT2D eigenvalue weighted by atomic mass is 9.87. The standard InChI is InChI=1S/C25H28N4O3/c1-16-9-11-18(12-10-16)22-20(24(31)25(32)29(22)15-7-13-27(3)4)23(30)21-17(2)26-19-8-5-6-14-28(19)21/h5-6,8-12,14,20,22H,7,13,15H2,1-4H3/p+1. The Kier molecular flexibility index (Phi) is 5.93. The molecule has 2 atom stereocenters. The molecule has 7 heteroatoms. The Balaban J connectivity index is 1.78. The van der Waals surface area contributed by atoms with E-state index in [9.17, 15) is 14.4 Å². The highest BCUT2D eigenvalue weighted by Crippen LogP contribution is 2.38. The number of hydrogen-bond donors (Lipinski definition) is 1. The molecule has 4 rings (SSSR count). The zero-order valence-electron chi connectivity index (χ0n) is 19.0. The van der Waals surface area contributed by atoms with Gasteiger partial charge >= 0.3 is 0 Å². The van der Waals surface area contributed by atoms with Crippen LogP contribution in [0.2, 0.25) is 0 Å². The van der Waals surface area contributed by atoms with E-state index in [4.69, 9.17) is 0 Å². The second kappa shape index (κ2) is 8.67. The van der Waals surface area contributed by atoms with E-state index in [0.29, 0.717) is 23.6 Å². The molecule has 1 aromatic carbocycles. The predicted octanol–water partition coefficient (Wildman–Crippen LogP) is 1.44. The summed E-state index contributed by atoms with van der Waals surface area (Å²) in [5.74, 6) is -2.65. The van der Waals surface area contributed by atoms with Crippen LogP contribution in [0, 0.1) is 19.8 Å². The van der Waals surface area contributed by atoms with Gasteiger partial charge in [-0.05, 0) is 31.5 Å². The molecule has 2 unspecified atom stereocenters. The highest BCUT2D eigenvalue weighted by atomic mass is 16.2. The highest BCUT2D eigenvalue weighted by molar-refractivity contribution is 6.44. The second-order valence-corrected chi connectivity index (χ2v) is 8.85. The third-order valence-electron chi connectivity index (χ3n) is 6.12. The van der Waals surface area contributed by atoms with Gasteiger partial charge in [0.1, 0.15) is 17.3 Å². The first-order chi connectivity index (χ1) is 15.3. The number of imidazole rings is 1. The Morgan fingerprint density at radius 3 is 2.47 bits per heavy atom. The van der Waals surface area contributed by atoms with Gasteiger partial charge in [0.2, 0.25) is 5.78 Å². The average molecular weight is 434 g/mol. The summed E-state index contributed by atoms with van der Waals surface area (Å²) in [6.45, 7) is 5.05. The molecule has 3 aromatic rings. The van der Waals surface area contributed by atoms with Crippen molar-refractivity contribution in [3.05, 3.63) is 71.2 Å². The monoisotopic (exact) mass is 433 g/mol. The number of quaternary nitrogens is 1. The Hall–Kier alpha value is -3.32. The molecule has 1 fully saturated rings. The lowest BCUT2D eigenvalue weighted by molar-refractivity contribution is -0.858. The van der Waals surface area contributed by atoms with Crippen LogP contribution in [0.3, 0.4) is 0 Å². The molecule has 0 aliphatic carbocycles. The molecule has 1 amide bonds. The number of Topliss-reactive ketones (excluding diaryl/α,β-unsaturated/α-hetero) is 2. The first-order valence-electron chi connectivity index (χ1n) is 11.0. The molecule has 0 saturated carbocycles. The first-order valence-corrected chi connectivity index (χ1v) is 11.0. The number of pyridine rings is 1. The van der Waals surface area contributed by atoms with Crippen molar-refractivity contribution in [3.8, 4) is 0 Å². The molecule has 3 heterocycles. The Bertz CT molecular complexity index is 1180. The largest absolute Gasteiger partial charge is 0.340 e. The minimum Gasteiger partial charge on any atom is -0.340 e. The van der Waals surface area contributed by atoms with Crippen molar-refractivity contribution in [2.45, 2.75) is 26.3 Å². The topological polar surface area (TPSA) is 76.2 Å². The number of fused-ring (bicyclic) bond motifs is 1. The van der Waals surface area contributed by atoms with Crippen molar-refractivity contribution in [1.29, 1.82) is 0 Å². The molecule has 0 bridgehead atoms. The fraction of sp³-hybridized carbons (Fsp3) is 0.360. The Labute approximate surface area is 187 Å². The van der Waals surface area contributed by atoms with Gasteiger partial charge in [0.05, 0.1) is 32.4 Å². The van der Waals surface area contributed by atoms with Gasteiger partial charge in [-0.1, -0.05) is 35.9 Å². The number of ketones is 2. The maximum Gasteiger partial charge on any atom is 0.291 e. The van der Waals surface area contributed by atoms with Gasteiger partial charge in [-0.25, -0.2) is 4.98 Å². The Morgan fingerprint density at radius 2 is 1.78 bits per heavy atom. The minimum atomic E-state index is -1.09. The molecular weight excluding hydrogens is 404 g/mol. The van der Waals surface area contributed by atoms with Gasteiger partial charge in [-0.2, -0.15) is 0 Å². The lowest BCUT2D eigenvalue weighted by Crippen LogP contribution is -3.05. The van der Waals surface area contributed by atoms with Gasteiger partial charge in [-0.15, -0.1) is 0 Å². The van der Waals surface area contributed by atoms with Crippen molar-refractivity contribution in [3.63, 3.8) is 0 Å². The zero-order chi connectivity index (χ0) is 23.0. The van der Waals surface area contributed by atoms with E-state index >= 15 is 0 Å². The van der Waals surface area contributed by atoms with Gasteiger partial charge < -0.3 is 9.80 Å². The van der Waals surface area contributed by atoms with E-state index in [1.807, 2.05) is 63.5 Å². The molecule has 166 valence electrons. The van der Waals surface area contributed by atoms with Crippen molar-refractivity contribution in [2.24, 2.45) is 5.92 Å². The Morgan fingerprint density at radius 1 is 1.06 bits per heavy atom. The third-order valence-corrected chi connectivity index (χ3v) is 6.12. The average Bonchev–Trinajstić information content (AvgIpc) is 3.22. The molecule has 1 saturated heterocycles. The normalized spacial score (nSPS) is 18.8. The molecule has 7 nitrogen and oxygen atoms in total. The molecule has 32 heavy (non-hydrogen) atoms. The van der Waals surface area contributed by atoms with E-state index in [1.165, 1.54) is 4.90 Å². The molecule has 0 spiro atoms. The lowest BCUT2D eigenvalue weighted by Gasteiger charge is -2.27. The van der Waals surface area contributed by atoms with Crippen LogP contribution in [0.1, 0.15) is 39.8 Å². The molecule has 1 aliphatic heterocycles. The van der Waals surface area contributed by atoms with Crippen LogP contribution in [0.5, 0.6) is 0 Å². The number of nitrogens with zero attached hydrogens (tertiary/aromatic N) is 3. The summed E-state index contributed by atoms with van der Waals surface area (Å²) in [4.78, 5) is 47.4.